The third-order valence-corrected chi connectivity index (χ3v) is 15.3. The summed E-state index contributed by atoms with van der Waals surface area (Å²) in [6.45, 7) is 20.8. The number of allylic oxidation sites excluding steroid dienone is 3. The zero-order valence-corrected chi connectivity index (χ0v) is 29.6. The van der Waals surface area contributed by atoms with Crippen molar-refractivity contribution in [2.75, 3.05) is 20.2 Å². The highest BCUT2D eigenvalue weighted by molar-refractivity contribution is 5.88. The Kier molecular flexibility index (Phi) is 8.47. The van der Waals surface area contributed by atoms with Crippen molar-refractivity contribution in [2.24, 2.45) is 56.7 Å². The van der Waals surface area contributed by atoms with E-state index in [1.165, 1.54) is 75.2 Å². The molecule has 9 atom stereocenters. The predicted molar refractivity (Wildman–Crippen MR) is 185 cm³/mol. The Morgan fingerprint density at radius 2 is 1.65 bits per heavy atom. The lowest BCUT2D eigenvalue weighted by Gasteiger charge is -2.72. The first-order valence-electron chi connectivity index (χ1n) is 18.1. The average Bonchev–Trinajstić information content (AvgIpc) is 3.34. The summed E-state index contributed by atoms with van der Waals surface area (Å²) < 4.78 is 4.97. The van der Waals surface area contributed by atoms with Crippen molar-refractivity contribution in [1.29, 1.82) is 0 Å². The molecule has 0 radical (unpaired) electrons. The molecule has 0 unspecified atom stereocenters. The molecule has 0 aromatic heterocycles. The van der Waals surface area contributed by atoms with Crippen LogP contribution in [-0.2, 0) is 9.53 Å². The lowest BCUT2D eigenvalue weighted by molar-refractivity contribution is -0.226. The summed E-state index contributed by atoms with van der Waals surface area (Å²) in [5.74, 6) is 2.27. The van der Waals surface area contributed by atoms with Crippen molar-refractivity contribution in [2.45, 2.75) is 106 Å². The van der Waals surface area contributed by atoms with E-state index in [9.17, 15) is 14.7 Å². The van der Waals surface area contributed by atoms with Crippen molar-refractivity contribution in [3.8, 4) is 0 Å². The second-order valence-corrected chi connectivity index (χ2v) is 17.6. The number of carbonyl (C=O) groups is 2. The van der Waals surface area contributed by atoms with Gasteiger partial charge < -0.3 is 15.2 Å². The summed E-state index contributed by atoms with van der Waals surface area (Å²) >= 11 is 0. The molecule has 1 aromatic rings. The molecule has 2 N–H and O–H groups in total. The normalized spacial score (nSPS) is 40.8. The van der Waals surface area contributed by atoms with Crippen molar-refractivity contribution >= 4 is 17.5 Å². The summed E-state index contributed by atoms with van der Waals surface area (Å²) in [6.07, 6.45) is 15.0. The van der Waals surface area contributed by atoms with Gasteiger partial charge in [0.2, 0.25) is 0 Å². The lowest BCUT2D eigenvalue weighted by Crippen LogP contribution is -2.65. The van der Waals surface area contributed by atoms with E-state index in [1.54, 1.807) is 12.1 Å². The van der Waals surface area contributed by atoms with Gasteiger partial charge in [0.05, 0.1) is 19.2 Å². The lowest BCUT2D eigenvalue weighted by atomic mass is 9.32. The van der Waals surface area contributed by atoms with Crippen LogP contribution in [0.1, 0.15) is 122 Å². The molecule has 6 rings (SSSR count). The SMILES string of the molecule is C=C(C)C[C@@H]1CC[C@]2(CNCC(=O)OC)CC[C@]3(C)[C@H](CC[C@@H]4[C@@]5(C)CC=C(c6ccc(C(=O)O)cc6)C(C)(C)[C@@H]5CC[C@]43C)[C@@H]12. The van der Waals surface area contributed by atoms with Crippen LogP contribution in [0, 0.1) is 56.7 Å². The zero-order chi connectivity index (χ0) is 33.3. The van der Waals surface area contributed by atoms with Crippen LogP contribution < -0.4 is 5.32 Å². The van der Waals surface area contributed by atoms with Gasteiger partial charge in [0, 0.05) is 6.54 Å². The van der Waals surface area contributed by atoms with Crippen LogP contribution in [-0.4, -0.2) is 37.2 Å². The van der Waals surface area contributed by atoms with Crippen LogP contribution in [0.25, 0.3) is 5.57 Å². The fourth-order valence-corrected chi connectivity index (χ4v) is 13.2. The molecule has 5 heteroatoms. The summed E-state index contributed by atoms with van der Waals surface area (Å²) in [5, 5.41) is 13.0. The highest BCUT2D eigenvalue weighted by Gasteiger charge is 2.70. The number of hydrogen-bond donors (Lipinski definition) is 2. The van der Waals surface area contributed by atoms with Gasteiger partial charge in [-0.3, -0.25) is 4.79 Å². The van der Waals surface area contributed by atoms with Crippen LogP contribution >= 0.6 is 0 Å². The first-order chi connectivity index (χ1) is 21.6. The minimum absolute atomic E-state index is 0.0158. The molecule has 5 aliphatic carbocycles. The monoisotopic (exact) mass is 629 g/mol. The van der Waals surface area contributed by atoms with Crippen molar-refractivity contribution in [1.82, 2.24) is 5.32 Å². The van der Waals surface area contributed by atoms with Gasteiger partial charge in [-0.25, -0.2) is 4.79 Å². The van der Waals surface area contributed by atoms with Gasteiger partial charge in [-0.2, -0.15) is 0 Å². The van der Waals surface area contributed by atoms with E-state index in [-0.39, 0.29) is 27.6 Å². The Morgan fingerprint density at radius 1 is 0.935 bits per heavy atom. The second-order valence-electron chi connectivity index (χ2n) is 17.6. The zero-order valence-electron chi connectivity index (χ0n) is 29.6. The number of aromatic carboxylic acids is 1. The first kappa shape index (κ1) is 33.5. The number of hydrogen-bond acceptors (Lipinski definition) is 4. The molecule has 0 heterocycles. The maximum atomic E-state index is 12.0. The molecule has 5 aliphatic rings. The molecule has 46 heavy (non-hydrogen) atoms. The summed E-state index contributed by atoms with van der Waals surface area (Å²) in [6, 6.07) is 7.58. The largest absolute Gasteiger partial charge is 0.478 e. The van der Waals surface area contributed by atoms with E-state index in [0.717, 1.165) is 19.4 Å². The fraction of sp³-hybridized carbons (Fsp3) is 0.707. The van der Waals surface area contributed by atoms with Gasteiger partial charge in [-0.1, -0.05) is 58.4 Å². The van der Waals surface area contributed by atoms with Crippen LogP contribution in [0.5, 0.6) is 0 Å². The van der Waals surface area contributed by atoms with Crippen LogP contribution in [0.2, 0.25) is 0 Å². The van der Waals surface area contributed by atoms with Gasteiger partial charge in [0.25, 0.3) is 0 Å². The molecule has 4 fully saturated rings. The van der Waals surface area contributed by atoms with Gasteiger partial charge in [0.15, 0.2) is 0 Å². The summed E-state index contributed by atoms with van der Waals surface area (Å²) in [5.41, 5.74) is 5.31. The molecular formula is C41H59NO4. The standard InChI is InChI=1S/C41H59NO4/c1-26(2)23-29-15-20-41(25-42-24-34(43)46-8)22-21-39(6)31(35(29)41)13-14-33-38(5)18-16-30(27-9-11-28(12-10-27)36(44)45)37(3,4)32(38)17-19-40(33,39)7/h9-12,16,29,31-33,35,42H,1,13-15,17-25H2,2-8H3,(H,44,45)/t29-,31+,32-,33+,35+,38-,39+,40+,41+/m0/s1. The van der Waals surface area contributed by atoms with Crippen molar-refractivity contribution in [3.05, 3.63) is 53.6 Å². The Bertz CT molecular complexity index is 1410. The number of methoxy groups -OCH3 is 1. The smallest absolute Gasteiger partial charge is 0.335 e. The molecule has 0 aliphatic heterocycles. The number of rotatable bonds is 8. The van der Waals surface area contributed by atoms with Crippen molar-refractivity contribution in [3.63, 3.8) is 0 Å². The summed E-state index contributed by atoms with van der Waals surface area (Å²) in [4.78, 5) is 23.6. The number of nitrogens with one attached hydrogen (secondary N) is 1. The van der Waals surface area contributed by atoms with Gasteiger partial charge in [-0.05, 0) is 151 Å². The molecule has 0 saturated heterocycles. The Morgan fingerprint density at radius 3 is 2.30 bits per heavy atom. The molecule has 0 bridgehead atoms. The number of esters is 1. The Balaban J connectivity index is 1.32. The van der Waals surface area contributed by atoms with Gasteiger partial charge in [0.1, 0.15) is 0 Å². The maximum absolute atomic E-state index is 12.0. The van der Waals surface area contributed by atoms with Crippen LogP contribution in [0.15, 0.2) is 42.5 Å². The van der Waals surface area contributed by atoms with Gasteiger partial charge in [-0.15, -0.1) is 6.58 Å². The number of carbonyl (C=O) groups excluding carboxylic acids is 1. The van der Waals surface area contributed by atoms with E-state index >= 15 is 0 Å². The average molecular weight is 630 g/mol. The molecule has 0 spiro atoms. The van der Waals surface area contributed by atoms with E-state index in [2.05, 4.69) is 59.5 Å². The van der Waals surface area contributed by atoms with Gasteiger partial charge >= 0.3 is 11.9 Å². The molecule has 252 valence electrons. The topological polar surface area (TPSA) is 75.6 Å². The fourth-order valence-electron chi connectivity index (χ4n) is 13.2. The minimum atomic E-state index is -0.868. The Labute approximate surface area is 278 Å². The van der Waals surface area contributed by atoms with E-state index in [1.807, 2.05) is 12.1 Å². The highest BCUT2D eigenvalue weighted by Crippen LogP contribution is 2.77. The number of ether oxygens (including phenoxy) is 1. The number of carboxylic acids is 1. The van der Waals surface area contributed by atoms with Crippen molar-refractivity contribution < 1.29 is 19.4 Å². The third kappa shape index (κ3) is 4.96. The maximum Gasteiger partial charge on any atom is 0.335 e. The number of fused-ring (bicyclic) bond motifs is 7. The third-order valence-electron chi connectivity index (χ3n) is 15.3. The van der Waals surface area contributed by atoms with Crippen LogP contribution in [0.4, 0.5) is 0 Å². The number of benzene rings is 1. The molecule has 1 aromatic carbocycles. The predicted octanol–water partition coefficient (Wildman–Crippen LogP) is 9.19. The minimum Gasteiger partial charge on any atom is -0.478 e. The quantitative estimate of drug-likeness (QED) is 0.222. The van der Waals surface area contributed by atoms with Crippen LogP contribution in [0.3, 0.4) is 0 Å². The van der Waals surface area contributed by atoms with E-state index in [4.69, 9.17) is 4.74 Å². The second kappa shape index (κ2) is 11.6. The van der Waals surface area contributed by atoms with E-state index < -0.39 is 5.97 Å². The molecule has 5 nitrogen and oxygen atoms in total. The Hall–Kier alpha value is -2.40. The highest BCUT2D eigenvalue weighted by atomic mass is 16.5. The van der Waals surface area contributed by atoms with E-state index in [0.29, 0.717) is 47.1 Å². The molecule has 0 amide bonds. The first-order valence-corrected chi connectivity index (χ1v) is 18.1. The summed E-state index contributed by atoms with van der Waals surface area (Å²) in [7, 11) is 1.48. The number of carboxylic acid groups (broad SMARTS) is 1. The molecular weight excluding hydrogens is 570 g/mol. The molecule has 4 saturated carbocycles.